The minimum absolute atomic E-state index is 0.113. The average molecular weight is 252 g/mol. The van der Waals surface area contributed by atoms with Crippen LogP contribution >= 0.6 is 11.6 Å². The van der Waals surface area contributed by atoms with Crippen LogP contribution < -0.4 is 0 Å². The first-order valence-electron chi connectivity index (χ1n) is 5.41. The van der Waals surface area contributed by atoms with Gasteiger partial charge in [0.1, 0.15) is 11.5 Å². The smallest absolute Gasteiger partial charge is 0.206 e. The van der Waals surface area contributed by atoms with E-state index in [4.69, 9.17) is 11.6 Å². The predicted molar refractivity (Wildman–Crippen MR) is 68.0 cm³/mol. The summed E-state index contributed by atoms with van der Waals surface area (Å²) in [6, 6.07) is 0. The van der Waals surface area contributed by atoms with Crippen molar-refractivity contribution in [3.05, 3.63) is 35.0 Å². The topological polar surface area (TPSA) is 38.1 Å². The Morgan fingerprint density at radius 3 is 3.06 bits per heavy atom. The Balaban J connectivity index is 2.35. The van der Waals surface area contributed by atoms with Crippen molar-refractivity contribution in [1.82, 2.24) is 14.5 Å². The third kappa shape index (κ3) is 2.42. The lowest BCUT2D eigenvalue weighted by atomic mass is 10.2. The highest BCUT2D eigenvalue weighted by Gasteiger charge is 2.20. The fourth-order valence-electron chi connectivity index (χ4n) is 1.72. The van der Waals surface area contributed by atoms with Crippen LogP contribution in [-0.2, 0) is 6.54 Å². The fourth-order valence-corrected chi connectivity index (χ4v) is 2.00. The SMILES string of the molecule is CN(C)/C=C/C(=O)c1c(Cl)nc2n1CCC=C2. The van der Waals surface area contributed by atoms with Crippen molar-refractivity contribution in [3.8, 4) is 0 Å². The fraction of sp³-hybridized carbons (Fsp3) is 0.333. The zero-order valence-electron chi connectivity index (χ0n) is 9.85. The molecular weight excluding hydrogens is 238 g/mol. The van der Waals surface area contributed by atoms with E-state index >= 15 is 0 Å². The molecule has 0 atom stereocenters. The summed E-state index contributed by atoms with van der Waals surface area (Å²) in [6.45, 7) is 0.752. The number of imidazole rings is 1. The third-order valence-electron chi connectivity index (χ3n) is 2.50. The molecule has 2 rings (SSSR count). The highest BCUT2D eigenvalue weighted by molar-refractivity contribution is 6.33. The molecule has 5 heteroatoms. The van der Waals surface area contributed by atoms with Crippen molar-refractivity contribution in [2.24, 2.45) is 0 Å². The van der Waals surface area contributed by atoms with Crippen LogP contribution in [0.5, 0.6) is 0 Å². The first kappa shape index (κ1) is 11.9. The van der Waals surface area contributed by atoms with E-state index in [2.05, 4.69) is 4.98 Å². The van der Waals surface area contributed by atoms with Gasteiger partial charge in [-0.1, -0.05) is 17.7 Å². The van der Waals surface area contributed by atoms with Crippen LogP contribution in [0, 0.1) is 0 Å². The van der Waals surface area contributed by atoms with Gasteiger partial charge in [0.25, 0.3) is 0 Å². The van der Waals surface area contributed by atoms with Crippen molar-refractivity contribution >= 4 is 23.5 Å². The van der Waals surface area contributed by atoms with Crippen LogP contribution in [0.15, 0.2) is 18.4 Å². The first-order valence-corrected chi connectivity index (χ1v) is 5.79. The summed E-state index contributed by atoms with van der Waals surface area (Å²) in [4.78, 5) is 18.0. The number of ketones is 1. The van der Waals surface area contributed by atoms with Crippen molar-refractivity contribution in [2.75, 3.05) is 14.1 Å². The summed E-state index contributed by atoms with van der Waals surface area (Å²) in [5, 5.41) is 0.278. The summed E-state index contributed by atoms with van der Waals surface area (Å²) in [7, 11) is 3.72. The van der Waals surface area contributed by atoms with E-state index in [1.54, 1.807) is 11.1 Å². The van der Waals surface area contributed by atoms with Gasteiger partial charge in [0.05, 0.1) is 0 Å². The number of carbonyl (C=O) groups is 1. The molecule has 1 aromatic rings. The average Bonchev–Trinajstić information content (AvgIpc) is 2.61. The van der Waals surface area contributed by atoms with E-state index < -0.39 is 0 Å². The summed E-state index contributed by atoms with van der Waals surface area (Å²) in [5.74, 6) is 0.639. The molecule has 0 unspecified atom stereocenters. The van der Waals surface area contributed by atoms with Crippen molar-refractivity contribution < 1.29 is 4.79 Å². The molecule has 4 nitrogen and oxygen atoms in total. The monoisotopic (exact) mass is 251 g/mol. The number of rotatable bonds is 3. The van der Waals surface area contributed by atoms with E-state index in [0.29, 0.717) is 5.69 Å². The minimum Gasteiger partial charge on any atom is -0.383 e. The number of hydrogen-bond acceptors (Lipinski definition) is 3. The maximum Gasteiger partial charge on any atom is 0.206 e. The van der Waals surface area contributed by atoms with Gasteiger partial charge in [0.2, 0.25) is 5.78 Å². The number of nitrogens with zero attached hydrogens (tertiary/aromatic N) is 3. The molecule has 2 heterocycles. The molecule has 0 N–H and O–H groups in total. The van der Waals surface area contributed by atoms with E-state index in [0.717, 1.165) is 18.8 Å². The molecule has 1 aliphatic heterocycles. The molecule has 0 spiro atoms. The van der Waals surface area contributed by atoms with Gasteiger partial charge < -0.3 is 9.47 Å². The Labute approximate surface area is 105 Å². The van der Waals surface area contributed by atoms with Gasteiger partial charge in [-0.15, -0.1) is 0 Å². The Morgan fingerprint density at radius 1 is 1.59 bits per heavy atom. The van der Waals surface area contributed by atoms with Gasteiger partial charge in [0.15, 0.2) is 5.15 Å². The largest absolute Gasteiger partial charge is 0.383 e. The van der Waals surface area contributed by atoms with Crippen molar-refractivity contribution in [2.45, 2.75) is 13.0 Å². The van der Waals surface area contributed by atoms with Crippen molar-refractivity contribution in [3.63, 3.8) is 0 Å². The molecule has 0 saturated carbocycles. The standard InChI is InChI=1S/C12H14ClN3O/c1-15(2)8-6-9(17)11-12(13)14-10-5-3-4-7-16(10)11/h3,5-6,8H,4,7H2,1-2H3/b8-6+. The minimum atomic E-state index is -0.113. The van der Waals surface area contributed by atoms with E-state index in [-0.39, 0.29) is 10.9 Å². The van der Waals surface area contributed by atoms with Gasteiger partial charge in [-0.25, -0.2) is 4.98 Å². The van der Waals surface area contributed by atoms with E-state index in [9.17, 15) is 4.79 Å². The van der Waals surface area contributed by atoms with Crippen LogP contribution in [0.25, 0.3) is 6.08 Å². The maximum absolute atomic E-state index is 12.0. The van der Waals surface area contributed by atoms with Gasteiger partial charge in [-0.2, -0.15) is 0 Å². The molecule has 0 radical (unpaired) electrons. The second-order valence-electron chi connectivity index (χ2n) is 4.10. The zero-order valence-corrected chi connectivity index (χ0v) is 10.6. The predicted octanol–water partition coefficient (Wildman–Crippen LogP) is 2.21. The zero-order chi connectivity index (χ0) is 12.4. The van der Waals surface area contributed by atoms with Gasteiger partial charge >= 0.3 is 0 Å². The highest BCUT2D eigenvalue weighted by atomic mass is 35.5. The number of aromatic nitrogens is 2. The Hall–Kier alpha value is -1.55. The van der Waals surface area contributed by atoms with Crippen LogP contribution in [-0.4, -0.2) is 34.3 Å². The quantitative estimate of drug-likeness (QED) is 0.611. The molecule has 90 valence electrons. The van der Waals surface area contributed by atoms with Gasteiger partial charge in [-0.3, -0.25) is 4.79 Å². The first-order chi connectivity index (χ1) is 8.09. The number of hydrogen-bond donors (Lipinski definition) is 0. The molecule has 0 amide bonds. The summed E-state index contributed by atoms with van der Waals surface area (Å²) in [5.41, 5.74) is 0.476. The molecule has 0 saturated heterocycles. The Bertz CT molecular complexity index is 500. The van der Waals surface area contributed by atoms with Gasteiger partial charge in [-0.05, 0) is 12.5 Å². The molecule has 1 aliphatic rings. The van der Waals surface area contributed by atoms with Crippen LogP contribution in [0.3, 0.4) is 0 Å². The number of halogens is 1. The number of allylic oxidation sites excluding steroid dienone is 2. The van der Waals surface area contributed by atoms with E-state index in [1.807, 2.05) is 30.8 Å². The number of carbonyl (C=O) groups excluding carboxylic acids is 1. The second-order valence-corrected chi connectivity index (χ2v) is 4.45. The normalized spacial score (nSPS) is 14.1. The number of fused-ring (bicyclic) bond motifs is 1. The van der Waals surface area contributed by atoms with Gasteiger partial charge in [0, 0.05) is 32.9 Å². The molecule has 1 aromatic heterocycles. The lowest BCUT2D eigenvalue weighted by Crippen LogP contribution is -2.12. The molecular formula is C12H14ClN3O. The maximum atomic E-state index is 12.0. The lowest BCUT2D eigenvalue weighted by Gasteiger charge is -2.10. The van der Waals surface area contributed by atoms with E-state index in [1.165, 1.54) is 6.08 Å². The van der Waals surface area contributed by atoms with Crippen LogP contribution in [0.1, 0.15) is 22.7 Å². The highest BCUT2D eigenvalue weighted by Crippen LogP contribution is 2.22. The lowest BCUT2D eigenvalue weighted by molar-refractivity contribution is 0.103. The third-order valence-corrected chi connectivity index (χ3v) is 2.76. The molecule has 0 bridgehead atoms. The molecule has 0 aromatic carbocycles. The molecule has 17 heavy (non-hydrogen) atoms. The molecule has 0 aliphatic carbocycles. The summed E-state index contributed by atoms with van der Waals surface area (Å²) in [6.07, 6.45) is 8.04. The molecule has 0 fully saturated rings. The second kappa shape index (κ2) is 4.75. The summed E-state index contributed by atoms with van der Waals surface area (Å²) < 4.78 is 1.87. The Morgan fingerprint density at radius 2 is 2.35 bits per heavy atom. The van der Waals surface area contributed by atoms with Crippen LogP contribution in [0.4, 0.5) is 0 Å². The Kier molecular flexibility index (Phi) is 3.33. The summed E-state index contributed by atoms with van der Waals surface area (Å²) >= 11 is 6.01. The van der Waals surface area contributed by atoms with Crippen molar-refractivity contribution in [1.29, 1.82) is 0 Å². The van der Waals surface area contributed by atoms with Crippen LogP contribution in [0.2, 0.25) is 5.15 Å².